The van der Waals surface area contributed by atoms with Gasteiger partial charge in [0.1, 0.15) is 0 Å². The molecule has 0 aromatic carbocycles. The molecule has 0 amide bonds. The molecule has 2 atom stereocenters. The van der Waals surface area contributed by atoms with Crippen molar-refractivity contribution in [1.29, 1.82) is 0 Å². The van der Waals surface area contributed by atoms with Gasteiger partial charge >= 0.3 is 0 Å². The third-order valence-corrected chi connectivity index (χ3v) is 4.79. The monoisotopic (exact) mass is 205 g/mol. The highest BCUT2D eigenvalue weighted by atomic mass is 32.2. The van der Waals surface area contributed by atoms with Crippen LogP contribution in [0.4, 0.5) is 0 Å². The van der Waals surface area contributed by atoms with E-state index in [1.54, 1.807) is 0 Å². The molecule has 2 unspecified atom stereocenters. The van der Waals surface area contributed by atoms with Crippen molar-refractivity contribution in [3.63, 3.8) is 0 Å². The number of hydrogen-bond acceptors (Lipinski definition) is 2. The molecule has 0 saturated carbocycles. The van der Waals surface area contributed by atoms with E-state index in [9.17, 15) is 0 Å². The van der Waals surface area contributed by atoms with Crippen LogP contribution in [0.1, 0.15) is 40.5 Å². The van der Waals surface area contributed by atoms with Gasteiger partial charge in [0, 0.05) is 10.5 Å². The Morgan fingerprint density at radius 2 is 1.33 bits per heavy atom. The van der Waals surface area contributed by atoms with Gasteiger partial charge in [0.25, 0.3) is 0 Å². The van der Waals surface area contributed by atoms with Crippen molar-refractivity contribution in [2.24, 2.45) is 0 Å². The number of hydrogen-bond donors (Lipinski definition) is 0. The van der Waals surface area contributed by atoms with Gasteiger partial charge in [-0.1, -0.05) is 27.7 Å². The van der Waals surface area contributed by atoms with Crippen LogP contribution in [0.3, 0.4) is 0 Å². The summed E-state index contributed by atoms with van der Waals surface area (Å²) >= 11 is 3.99. The molecule has 0 spiro atoms. The fraction of sp³-hybridized carbons (Fsp3) is 0.900. The van der Waals surface area contributed by atoms with E-state index in [-0.39, 0.29) is 0 Å². The Labute approximate surface area is 86.3 Å². The summed E-state index contributed by atoms with van der Waals surface area (Å²) in [5.74, 6) is 0. The van der Waals surface area contributed by atoms with Crippen LogP contribution < -0.4 is 0 Å². The van der Waals surface area contributed by atoms with Crippen LogP contribution in [0.5, 0.6) is 0 Å². The van der Waals surface area contributed by atoms with Gasteiger partial charge in [0.2, 0.25) is 0 Å². The maximum Gasteiger partial charge on any atom is 0.0508 e. The Balaban J connectivity index is 3.51. The van der Waals surface area contributed by atoms with Crippen molar-refractivity contribution in [3.8, 4) is 0 Å². The van der Waals surface area contributed by atoms with Crippen LogP contribution in [0.2, 0.25) is 0 Å². The van der Waals surface area contributed by atoms with Crippen molar-refractivity contribution in [2.45, 2.75) is 55.6 Å². The molecule has 73 valence electrons. The van der Waals surface area contributed by atoms with Crippen LogP contribution in [0.25, 0.3) is 0 Å². The second-order valence-corrected chi connectivity index (χ2v) is 6.73. The van der Waals surface area contributed by atoms with Crippen molar-refractivity contribution >= 4 is 23.5 Å². The van der Waals surface area contributed by atoms with Crippen LogP contribution in [0, 0.1) is 6.92 Å². The Bertz CT molecular complexity index is 92.0. The Morgan fingerprint density at radius 3 is 1.58 bits per heavy atom. The van der Waals surface area contributed by atoms with Crippen molar-refractivity contribution in [1.82, 2.24) is 0 Å². The molecule has 0 bridgehead atoms. The fourth-order valence-electron chi connectivity index (χ4n) is 0.743. The molecule has 1 radical (unpaired) electrons. The molecule has 0 aliphatic rings. The van der Waals surface area contributed by atoms with E-state index in [2.05, 4.69) is 34.6 Å². The molecule has 0 saturated heterocycles. The topological polar surface area (TPSA) is 0 Å². The molecule has 0 N–H and O–H groups in total. The molecule has 0 aliphatic carbocycles. The Kier molecular flexibility index (Phi) is 7.55. The first kappa shape index (κ1) is 12.7. The SMILES string of the molecule is [CH2]C(SC(C)CC)SC(C)CC. The first-order valence-corrected chi connectivity index (χ1v) is 6.62. The van der Waals surface area contributed by atoms with E-state index in [4.69, 9.17) is 0 Å². The average Bonchev–Trinajstić information content (AvgIpc) is 2.03. The highest BCUT2D eigenvalue weighted by Gasteiger charge is 2.10. The molecule has 0 nitrogen and oxygen atoms in total. The van der Waals surface area contributed by atoms with Crippen LogP contribution >= 0.6 is 23.5 Å². The van der Waals surface area contributed by atoms with Gasteiger partial charge in [-0.15, -0.1) is 23.5 Å². The van der Waals surface area contributed by atoms with Gasteiger partial charge in [-0.2, -0.15) is 0 Å². The molecular weight excluding hydrogens is 184 g/mol. The maximum absolute atomic E-state index is 4.14. The molecule has 0 rings (SSSR count). The smallest absolute Gasteiger partial charge is 0.0508 e. The van der Waals surface area contributed by atoms with Gasteiger partial charge in [-0.3, -0.25) is 0 Å². The lowest BCUT2D eigenvalue weighted by molar-refractivity contribution is 0.899. The zero-order chi connectivity index (χ0) is 9.56. The van der Waals surface area contributed by atoms with Crippen molar-refractivity contribution in [3.05, 3.63) is 6.92 Å². The Hall–Kier alpha value is 0.700. The normalized spacial score (nSPS) is 18.8. The van der Waals surface area contributed by atoms with E-state index in [0.717, 1.165) is 10.5 Å². The summed E-state index contributed by atoms with van der Waals surface area (Å²) < 4.78 is 0.509. The summed E-state index contributed by atoms with van der Waals surface area (Å²) in [6, 6.07) is 0. The highest BCUT2D eigenvalue weighted by molar-refractivity contribution is 8.17. The summed E-state index contributed by atoms with van der Waals surface area (Å²) in [5, 5.41) is 1.51. The largest absolute Gasteiger partial charge is 0.145 e. The lowest BCUT2D eigenvalue weighted by atomic mass is 10.4. The first-order chi connectivity index (χ1) is 5.60. The van der Waals surface area contributed by atoms with Crippen LogP contribution in [-0.4, -0.2) is 15.1 Å². The molecular formula is C10H21S2. The van der Waals surface area contributed by atoms with E-state index < -0.39 is 0 Å². The number of thioether (sulfide) groups is 2. The minimum absolute atomic E-state index is 0.509. The standard InChI is InChI=1S/C10H21S2/c1-6-8(3)11-10(5)12-9(4)7-2/h8-10H,5-7H2,1-4H3. The third-order valence-electron chi connectivity index (χ3n) is 1.92. The molecule has 0 aromatic heterocycles. The minimum Gasteiger partial charge on any atom is -0.145 e. The summed E-state index contributed by atoms with van der Waals surface area (Å²) in [6.07, 6.45) is 2.50. The van der Waals surface area contributed by atoms with E-state index >= 15 is 0 Å². The quantitative estimate of drug-likeness (QED) is 0.596. The number of rotatable bonds is 6. The van der Waals surface area contributed by atoms with Crippen molar-refractivity contribution < 1.29 is 0 Å². The summed E-state index contributed by atoms with van der Waals surface area (Å²) in [5.41, 5.74) is 0. The molecule has 0 heterocycles. The van der Waals surface area contributed by atoms with Gasteiger partial charge < -0.3 is 0 Å². The molecule has 12 heavy (non-hydrogen) atoms. The second kappa shape index (κ2) is 7.14. The van der Waals surface area contributed by atoms with Crippen molar-refractivity contribution in [2.75, 3.05) is 0 Å². The predicted molar refractivity (Wildman–Crippen MR) is 63.8 cm³/mol. The zero-order valence-electron chi connectivity index (χ0n) is 8.67. The van der Waals surface area contributed by atoms with E-state index in [0.29, 0.717) is 4.58 Å². The van der Waals surface area contributed by atoms with Crippen LogP contribution in [-0.2, 0) is 0 Å². The van der Waals surface area contributed by atoms with Gasteiger partial charge in [-0.25, -0.2) is 0 Å². The lowest BCUT2D eigenvalue weighted by Gasteiger charge is -2.18. The van der Waals surface area contributed by atoms with Gasteiger partial charge in [0.15, 0.2) is 0 Å². The molecule has 0 fully saturated rings. The summed E-state index contributed by atoms with van der Waals surface area (Å²) in [4.78, 5) is 0. The first-order valence-electron chi connectivity index (χ1n) is 4.74. The average molecular weight is 205 g/mol. The molecule has 0 aromatic rings. The zero-order valence-corrected chi connectivity index (χ0v) is 10.3. The highest BCUT2D eigenvalue weighted by Crippen LogP contribution is 2.31. The van der Waals surface area contributed by atoms with Gasteiger partial charge in [0.05, 0.1) is 4.58 Å². The minimum atomic E-state index is 0.509. The predicted octanol–water partition coefficient (Wildman–Crippen LogP) is 4.21. The van der Waals surface area contributed by atoms with E-state index in [1.165, 1.54) is 12.8 Å². The molecule has 2 heteroatoms. The molecule has 0 aliphatic heterocycles. The van der Waals surface area contributed by atoms with Crippen LogP contribution in [0.15, 0.2) is 0 Å². The van der Waals surface area contributed by atoms with Gasteiger partial charge in [-0.05, 0) is 19.8 Å². The third kappa shape index (κ3) is 6.24. The second-order valence-electron chi connectivity index (χ2n) is 3.14. The van der Waals surface area contributed by atoms with E-state index in [1.807, 2.05) is 23.5 Å². The maximum atomic E-state index is 4.14. The Morgan fingerprint density at radius 1 is 1.00 bits per heavy atom. The summed E-state index contributed by atoms with van der Waals surface area (Å²) in [6.45, 7) is 13.2. The lowest BCUT2D eigenvalue weighted by Crippen LogP contribution is -2.05. The fourth-order valence-corrected chi connectivity index (χ4v) is 3.56. The summed E-state index contributed by atoms with van der Waals surface area (Å²) in [7, 11) is 0.